The van der Waals surface area contributed by atoms with Gasteiger partial charge in [0.15, 0.2) is 0 Å². The van der Waals surface area contributed by atoms with Crippen molar-refractivity contribution in [2.24, 2.45) is 21.9 Å². The molecule has 1 aromatic carbocycles. The molecule has 3 rings (SSSR count). The zero-order chi connectivity index (χ0) is 16.0. The van der Waals surface area contributed by atoms with Crippen LogP contribution in [0.4, 0.5) is 0 Å². The molecule has 3 nitrogen and oxygen atoms in total. The molecule has 1 aromatic rings. The number of oxime groups is 1. The lowest BCUT2D eigenvalue weighted by Gasteiger charge is -2.36. The number of alkyl halides is 1. The minimum atomic E-state index is -0.495. The fraction of sp³-hybridized carbons (Fsp3) is 0.529. The standard InChI is InChI=1S/C17H19BrClNO2/c1-16-8-7-11(17(16,2)10-18)9-14(16)20-22-15(21)12-5-3-4-6-13(12)19/h3-6,11H,7-10H2,1-2H3. The van der Waals surface area contributed by atoms with Gasteiger partial charge in [0.1, 0.15) is 0 Å². The van der Waals surface area contributed by atoms with Crippen molar-refractivity contribution < 1.29 is 9.63 Å². The maximum atomic E-state index is 12.1. The summed E-state index contributed by atoms with van der Waals surface area (Å²) in [5.74, 6) is 0.111. The van der Waals surface area contributed by atoms with E-state index in [-0.39, 0.29) is 10.8 Å². The Kier molecular flexibility index (Phi) is 4.11. The zero-order valence-electron chi connectivity index (χ0n) is 12.7. The van der Waals surface area contributed by atoms with Crippen molar-refractivity contribution in [3.63, 3.8) is 0 Å². The molecule has 0 aromatic heterocycles. The molecule has 0 amide bonds. The van der Waals surface area contributed by atoms with Gasteiger partial charge < -0.3 is 4.84 Å². The average molecular weight is 385 g/mol. The number of fused-ring (bicyclic) bond motifs is 2. The van der Waals surface area contributed by atoms with Crippen LogP contribution in [0.5, 0.6) is 0 Å². The van der Waals surface area contributed by atoms with Crippen LogP contribution >= 0.6 is 27.5 Å². The van der Waals surface area contributed by atoms with E-state index in [1.54, 1.807) is 24.3 Å². The first-order valence-corrected chi connectivity index (χ1v) is 9.01. The Morgan fingerprint density at radius 2 is 2.18 bits per heavy atom. The average Bonchev–Trinajstić information content (AvgIpc) is 2.89. The molecule has 5 heteroatoms. The van der Waals surface area contributed by atoms with E-state index in [0.717, 1.165) is 23.9 Å². The highest BCUT2D eigenvalue weighted by molar-refractivity contribution is 9.09. The smallest absolute Gasteiger partial charge is 0.313 e. The van der Waals surface area contributed by atoms with Crippen molar-refractivity contribution in [1.82, 2.24) is 0 Å². The van der Waals surface area contributed by atoms with E-state index in [9.17, 15) is 4.79 Å². The highest BCUT2D eigenvalue weighted by atomic mass is 79.9. The molecule has 0 aliphatic heterocycles. The molecule has 3 unspecified atom stereocenters. The Morgan fingerprint density at radius 1 is 1.45 bits per heavy atom. The fourth-order valence-corrected chi connectivity index (χ4v) is 5.23. The Morgan fingerprint density at radius 3 is 2.82 bits per heavy atom. The lowest BCUT2D eigenvalue weighted by atomic mass is 9.70. The van der Waals surface area contributed by atoms with Crippen LogP contribution in [0.2, 0.25) is 5.02 Å². The summed E-state index contributed by atoms with van der Waals surface area (Å²) in [4.78, 5) is 17.3. The topological polar surface area (TPSA) is 38.7 Å². The van der Waals surface area contributed by atoms with E-state index in [4.69, 9.17) is 16.4 Å². The lowest BCUT2D eigenvalue weighted by molar-refractivity contribution is 0.0509. The molecule has 2 bridgehead atoms. The number of nitrogens with zero attached hydrogens (tertiary/aromatic N) is 1. The molecule has 2 aliphatic rings. The zero-order valence-corrected chi connectivity index (χ0v) is 15.1. The van der Waals surface area contributed by atoms with Crippen LogP contribution in [0, 0.1) is 16.7 Å². The predicted octanol–water partition coefficient (Wildman–Crippen LogP) is 5.07. The summed E-state index contributed by atoms with van der Waals surface area (Å²) in [6, 6.07) is 6.86. The largest absolute Gasteiger partial charge is 0.367 e. The molecule has 118 valence electrons. The maximum absolute atomic E-state index is 12.1. The van der Waals surface area contributed by atoms with Gasteiger partial charge in [-0.3, -0.25) is 0 Å². The number of carbonyl (C=O) groups is 1. The number of carbonyl (C=O) groups excluding carboxylic acids is 1. The Hall–Kier alpha value is -0.870. The second-order valence-corrected chi connectivity index (χ2v) is 7.69. The number of hydrogen-bond acceptors (Lipinski definition) is 3. The summed E-state index contributed by atoms with van der Waals surface area (Å²) in [7, 11) is 0. The van der Waals surface area contributed by atoms with Crippen molar-refractivity contribution in [2.45, 2.75) is 33.1 Å². The molecule has 0 heterocycles. The molecule has 3 atom stereocenters. The van der Waals surface area contributed by atoms with Gasteiger partial charge in [0.2, 0.25) is 0 Å². The Bertz CT molecular complexity index is 647. The van der Waals surface area contributed by atoms with Crippen LogP contribution in [0.15, 0.2) is 29.4 Å². The van der Waals surface area contributed by atoms with E-state index in [1.807, 2.05) is 0 Å². The van der Waals surface area contributed by atoms with Gasteiger partial charge in [0.05, 0.1) is 16.3 Å². The lowest BCUT2D eigenvalue weighted by Crippen LogP contribution is -2.36. The molecule has 2 fully saturated rings. The summed E-state index contributed by atoms with van der Waals surface area (Å²) < 4.78 is 0. The minimum absolute atomic E-state index is 0.00191. The van der Waals surface area contributed by atoms with Crippen molar-refractivity contribution in [2.75, 3.05) is 5.33 Å². The molecule has 2 aliphatic carbocycles. The van der Waals surface area contributed by atoms with Crippen LogP contribution in [-0.2, 0) is 4.84 Å². The molecule has 0 saturated heterocycles. The van der Waals surface area contributed by atoms with Crippen LogP contribution in [-0.4, -0.2) is 17.0 Å². The van der Waals surface area contributed by atoms with E-state index in [1.165, 1.54) is 6.42 Å². The van der Waals surface area contributed by atoms with Gasteiger partial charge in [-0.05, 0) is 42.7 Å². The minimum Gasteiger partial charge on any atom is -0.313 e. The van der Waals surface area contributed by atoms with E-state index in [2.05, 4.69) is 34.9 Å². The maximum Gasteiger partial charge on any atom is 0.367 e. The van der Waals surface area contributed by atoms with Gasteiger partial charge >= 0.3 is 5.97 Å². The predicted molar refractivity (Wildman–Crippen MR) is 91.7 cm³/mol. The van der Waals surface area contributed by atoms with E-state index in [0.29, 0.717) is 16.5 Å². The Balaban J connectivity index is 1.81. The monoisotopic (exact) mass is 383 g/mol. The quantitative estimate of drug-likeness (QED) is 0.414. The first kappa shape index (κ1) is 16.0. The number of halogens is 2. The van der Waals surface area contributed by atoms with Gasteiger partial charge in [-0.15, -0.1) is 0 Å². The summed E-state index contributed by atoms with van der Waals surface area (Å²) in [5, 5.41) is 5.56. The molecule has 0 N–H and O–H groups in total. The second-order valence-electron chi connectivity index (χ2n) is 6.72. The van der Waals surface area contributed by atoms with Crippen molar-refractivity contribution in [1.29, 1.82) is 0 Å². The number of hydrogen-bond donors (Lipinski definition) is 0. The van der Waals surface area contributed by atoms with Gasteiger partial charge in [-0.25, -0.2) is 4.79 Å². The highest BCUT2D eigenvalue weighted by Gasteiger charge is 2.62. The van der Waals surface area contributed by atoms with Crippen LogP contribution in [0.3, 0.4) is 0 Å². The van der Waals surface area contributed by atoms with Gasteiger partial charge in [0, 0.05) is 10.7 Å². The number of benzene rings is 1. The summed E-state index contributed by atoms with van der Waals surface area (Å²) in [5.41, 5.74) is 1.54. The van der Waals surface area contributed by atoms with E-state index >= 15 is 0 Å². The third kappa shape index (κ3) is 2.23. The normalized spacial score (nSPS) is 35.1. The third-order valence-corrected chi connectivity index (χ3v) is 7.34. The molecule has 0 radical (unpaired) electrons. The van der Waals surface area contributed by atoms with Gasteiger partial charge in [-0.1, -0.05) is 58.7 Å². The van der Waals surface area contributed by atoms with Crippen LogP contribution < -0.4 is 0 Å². The first-order valence-electron chi connectivity index (χ1n) is 7.51. The van der Waals surface area contributed by atoms with Crippen LogP contribution in [0.1, 0.15) is 43.5 Å². The molecule has 22 heavy (non-hydrogen) atoms. The van der Waals surface area contributed by atoms with Crippen molar-refractivity contribution in [3.05, 3.63) is 34.9 Å². The van der Waals surface area contributed by atoms with E-state index < -0.39 is 5.97 Å². The van der Waals surface area contributed by atoms with Gasteiger partial charge in [0.25, 0.3) is 0 Å². The third-order valence-electron chi connectivity index (χ3n) is 5.84. The van der Waals surface area contributed by atoms with Crippen molar-refractivity contribution in [3.8, 4) is 0 Å². The fourth-order valence-electron chi connectivity index (χ4n) is 3.94. The summed E-state index contributed by atoms with van der Waals surface area (Å²) in [6.45, 7) is 4.54. The second kappa shape index (κ2) is 5.64. The molecular formula is C17H19BrClNO2. The highest BCUT2D eigenvalue weighted by Crippen LogP contribution is 2.64. The summed E-state index contributed by atoms with van der Waals surface area (Å²) in [6.07, 6.45) is 3.23. The van der Waals surface area contributed by atoms with Crippen molar-refractivity contribution >= 4 is 39.2 Å². The van der Waals surface area contributed by atoms with Crippen LogP contribution in [0.25, 0.3) is 0 Å². The number of rotatable bonds is 3. The van der Waals surface area contributed by atoms with Gasteiger partial charge in [-0.2, -0.15) is 0 Å². The first-order chi connectivity index (χ1) is 10.4. The summed E-state index contributed by atoms with van der Waals surface area (Å²) >= 11 is 9.68. The molecule has 0 spiro atoms. The Labute approximate surface area is 144 Å². The SMILES string of the molecule is CC12CCC(CC1=NOC(=O)c1ccccc1Cl)C2(C)CBr. The molecule has 2 saturated carbocycles. The molecular weight excluding hydrogens is 366 g/mol.